The summed E-state index contributed by atoms with van der Waals surface area (Å²) in [5.74, 6) is -1.69. The quantitative estimate of drug-likeness (QED) is 0.565. The second kappa shape index (κ2) is 8.43. The number of furan rings is 1. The standard InChI is InChI=1S/C22H20N2O5/c1-22(21(27)28,15-6-3-2-4-7-15)14-19(25)23-16-9-11-17(12-10-16)24-20(26)18-8-5-13-29-18/h2-13H,14H2,1H3,(H,23,25)(H,24,26)(H,27,28)/t22-/m0/s1. The van der Waals surface area contributed by atoms with E-state index in [2.05, 4.69) is 10.6 Å². The molecular formula is C22H20N2O5. The van der Waals surface area contributed by atoms with Crippen molar-refractivity contribution < 1.29 is 23.9 Å². The number of rotatable bonds is 7. The number of anilines is 2. The van der Waals surface area contributed by atoms with E-state index < -0.39 is 17.3 Å². The van der Waals surface area contributed by atoms with Crippen molar-refractivity contribution in [3.05, 3.63) is 84.3 Å². The molecule has 0 aliphatic rings. The van der Waals surface area contributed by atoms with Crippen LogP contribution in [-0.4, -0.2) is 22.9 Å². The van der Waals surface area contributed by atoms with E-state index in [1.165, 1.54) is 13.2 Å². The van der Waals surface area contributed by atoms with Crippen LogP contribution in [0.1, 0.15) is 29.5 Å². The average molecular weight is 392 g/mol. The Morgan fingerprint density at radius 3 is 2.07 bits per heavy atom. The fourth-order valence-corrected chi connectivity index (χ4v) is 2.87. The summed E-state index contributed by atoms with van der Waals surface area (Å²) in [5.41, 5.74) is 0.233. The first-order valence-electron chi connectivity index (χ1n) is 8.92. The molecule has 29 heavy (non-hydrogen) atoms. The van der Waals surface area contributed by atoms with Crippen LogP contribution >= 0.6 is 0 Å². The number of amides is 2. The highest BCUT2D eigenvalue weighted by Gasteiger charge is 2.37. The molecule has 2 aromatic carbocycles. The topological polar surface area (TPSA) is 109 Å². The molecule has 3 N–H and O–H groups in total. The smallest absolute Gasteiger partial charge is 0.314 e. The Kier molecular flexibility index (Phi) is 5.78. The van der Waals surface area contributed by atoms with E-state index in [1.807, 2.05) is 0 Å². The van der Waals surface area contributed by atoms with Gasteiger partial charge in [-0.3, -0.25) is 14.4 Å². The summed E-state index contributed by atoms with van der Waals surface area (Å²) < 4.78 is 5.03. The lowest BCUT2D eigenvalue weighted by Crippen LogP contribution is -2.36. The molecule has 0 aliphatic heterocycles. The van der Waals surface area contributed by atoms with E-state index in [0.717, 1.165) is 0 Å². The van der Waals surface area contributed by atoms with Crippen LogP contribution in [0.15, 0.2) is 77.4 Å². The molecule has 3 aromatic rings. The normalized spacial score (nSPS) is 12.6. The van der Waals surface area contributed by atoms with Gasteiger partial charge >= 0.3 is 5.97 Å². The Morgan fingerprint density at radius 1 is 0.897 bits per heavy atom. The van der Waals surface area contributed by atoms with E-state index in [9.17, 15) is 19.5 Å². The second-order valence-electron chi connectivity index (χ2n) is 6.74. The maximum Gasteiger partial charge on any atom is 0.314 e. The molecule has 0 unspecified atom stereocenters. The molecule has 2 amide bonds. The van der Waals surface area contributed by atoms with Crippen LogP contribution in [0.5, 0.6) is 0 Å². The zero-order valence-corrected chi connectivity index (χ0v) is 15.7. The van der Waals surface area contributed by atoms with E-state index in [-0.39, 0.29) is 18.1 Å². The molecule has 0 radical (unpaired) electrons. The molecule has 7 nitrogen and oxygen atoms in total. The lowest BCUT2D eigenvalue weighted by molar-refractivity contribution is -0.145. The Hall–Kier alpha value is -3.87. The predicted molar refractivity (Wildman–Crippen MR) is 108 cm³/mol. The minimum absolute atomic E-state index is 0.191. The Morgan fingerprint density at radius 2 is 1.52 bits per heavy atom. The molecule has 7 heteroatoms. The van der Waals surface area contributed by atoms with Crippen molar-refractivity contribution >= 4 is 29.2 Å². The largest absolute Gasteiger partial charge is 0.481 e. The number of carboxylic acids is 1. The van der Waals surface area contributed by atoms with Crippen LogP contribution in [0.4, 0.5) is 11.4 Å². The predicted octanol–water partition coefficient (Wildman–Crippen LogP) is 3.90. The van der Waals surface area contributed by atoms with Crippen molar-refractivity contribution in [2.45, 2.75) is 18.8 Å². The van der Waals surface area contributed by atoms with Gasteiger partial charge in [-0.05, 0) is 48.9 Å². The van der Waals surface area contributed by atoms with Gasteiger partial charge < -0.3 is 20.2 Å². The highest BCUT2D eigenvalue weighted by molar-refractivity contribution is 6.02. The number of carbonyl (C=O) groups excluding carboxylic acids is 2. The van der Waals surface area contributed by atoms with Gasteiger partial charge in [0.05, 0.1) is 11.7 Å². The van der Waals surface area contributed by atoms with Gasteiger partial charge in [0.1, 0.15) is 0 Å². The molecule has 1 aromatic heterocycles. The van der Waals surface area contributed by atoms with Gasteiger partial charge in [-0.25, -0.2) is 0 Å². The maximum absolute atomic E-state index is 12.5. The monoisotopic (exact) mass is 392 g/mol. The fraction of sp³-hybridized carbons (Fsp3) is 0.136. The zero-order chi connectivity index (χ0) is 20.9. The number of hydrogen-bond donors (Lipinski definition) is 3. The molecular weight excluding hydrogens is 372 g/mol. The van der Waals surface area contributed by atoms with Gasteiger partial charge in [0.25, 0.3) is 5.91 Å². The fourth-order valence-electron chi connectivity index (χ4n) is 2.87. The van der Waals surface area contributed by atoms with Gasteiger partial charge in [0, 0.05) is 17.8 Å². The third-order valence-corrected chi connectivity index (χ3v) is 4.57. The number of carbonyl (C=O) groups is 3. The van der Waals surface area contributed by atoms with E-state index in [4.69, 9.17) is 4.42 Å². The van der Waals surface area contributed by atoms with Crippen molar-refractivity contribution in [2.75, 3.05) is 10.6 Å². The van der Waals surface area contributed by atoms with Crippen molar-refractivity contribution in [2.24, 2.45) is 0 Å². The highest BCUT2D eigenvalue weighted by atomic mass is 16.4. The van der Waals surface area contributed by atoms with Crippen LogP contribution < -0.4 is 10.6 Å². The molecule has 0 aliphatic carbocycles. The first-order chi connectivity index (χ1) is 13.9. The molecule has 0 bridgehead atoms. The molecule has 0 fully saturated rings. The van der Waals surface area contributed by atoms with Crippen molar-refractivity contribution in [3.8, 4) is 0 Å². The van der Waals surface area contributed by atoms with Crippen molar-refractivity contribution in [1.82, 2.24) is 0 Å². The minimum atomic E-state index is -1.34. The van der Waals surface area contributed by atoms with Gasteiger partial charge in [0.15, 0.2) is 5.76 Å². The number of hydrogen-bond acceptors (Lipinski definition) is 4. The van der Waals surface area contributed by atoms with E-state index in [0.29, 0.717) is 16.9 Å². The summed E-state index contributed by atoms with van der Waals surface area (Å²) in [4.78, 5) is 36.3. The van der Waals surface area contributed by atoms with Crippen molar-refractivity contribution in [1.29, 1.82) is 0 Å². The summed E-state index contributed by atoms with van der Waals surface area (Å²) in [7, 11) is 0. The van der Waals surface area contributed by atoms with Crippen LogP contribution in [-0.2, 0) is 15.0 Å². The number of nitrogens with one attached hydrogen (secondary N) is 2. The van der Waals surface area contributed by atoms with Crippen LogP contribution in [0, 0.1) is 0 Å². The summed E-state index contributed by atoms with van der Waals surface area (Å²) in [5, 5.41) is 15.0. The zero-order valence-electron chi connectivity index (χ0n) is 15.7. The molecule has 1 heterocycles. The van der Waals surface area contributed by atoms with E-state index in [1.54, 1.807) is 66.7 Å². The van der Waals surface area contributed by atoms with Crippen molar-refractivity contribution in [3.63, 3.8) is 0 Å². The summed E-state index contributed by atoms with van der Waals surface area (Å²) >= 11 is 0. The molecule has 0 saturated heterocycles. The van der Waals surface area contributed by atoms with E-state index >= 15 is 0 Å². The van der Waals surface area contributed by atoms with Crippen LogP contribution in [0.3, 0.4) is 0 Å². The van der Waals surface area contributed by atoms with Crippen LogP contribution in [0.25, 0.3) is 0 Å². The van der Waals surface area contributed by atoms with Crippen LogP contribution in [0.2, 0.25) is 0 Å². The second-order valence-corrected chi connectivity index (χ2v) is 6.74. The SMILES string of the molecule is C[C@@](CC(=O)Nc1ccc(NC(=O)c2ccco2)cc1)(C(=O)O)c1ccccc1. The summed E-state index contributed by atoms with van der Waals surface area (Å²) in [6.07, 6.45) is 1.19. The molecule has 1 atom stereocenters. The third-order valence-electron chi connectivity index (χ3n) is 4.57. The van der Waals surface area contributed by atoms with Gasteiger partial charge in [-0.2, -0.15) is 0 Å². The number of carboxylic acid groups (broad SMARTS) is 1. The first kappa shape index (κ1) is 19.9. The lowest BCUT2D eigenvalue weighted by atomic mass is 9.79. The maximum atomic E-state index is 12.5. The average Bonchev–Trinajstić information content (AvgIpc) is 3.25. The minimum Gasteiger partial charge on any atom is -0.481 e. The lowest BCUT2D eigenvalue weighted by Gasteiger charge is -2.24. The first-order valence-corrected chi connectivity index (χ1v) is 8.92. The third kappa shape index (κ3) is 4.70. The molecule has 0 spiro atoms. The summed E-state index contributed by atoms with van der Waals surface area (Å²) in [6.45, 7) is 1.53. The van der Waals surface area contributed by atoms with Gasteiger partial charge in [-0.1, -0.05) is 30.3 Å². The number of aliphatic carboxylic acids is 1. The summed E-state index contributed by atoms with van der Waals surface area (Å²) in [6, 6.07) is 18.3. The molecule has 3 rings (SSSR count). The van der Waals surface area contributed by atoms with Gasteiger partial charge in [-0.15, -0.1) is 0 Å². The Labute approximate surface area is 167 Å². The highest BCUT2D eigenvalue weighted by Crippen LogP contribution is 2.28. The number of benzene rings is 2. The van der Waals surface area contributed by atoms with Gasteiger partial charge in [0.2, 0.25) is 5.91 Å². The molecule has 0 saturated carbocycles. The Balaban J connectivity index is 1.64. The Bertz CT molecular complexity index is 997. The molecule has 148 valence electrons.